The molecule has 4 aromatic rings. The first kappa shape index (κ1) is 26.6. The Labute approximate surface area is 242 Å². The third-order valence-electron chi connectivity index (χ3n) is 8.34. The summed E-state index contributed by atoms with van der Waals surface area (Å²) in [4.78, 5) is 32.6. The zero-order valence-corrected chi connectivity index (χ0v) is 23.6. The maximum atomic E-state index is 14.3. The predicted molar refractivity (Wildman–Crippen MR) is 167 cm³/mol. The average molecular weight is 542 g/mol. The molecular weight excluding hydrogens is 506 g/mol. The Kier molecular flexibility index (Phi) is 7.43. The molecule has 1 heterocycles. The molecule has 206 valence electrons. The van der Waals surface area contributed by atoms with E-state index in [0.29, 0.717) is 24.0 Å². The zero-order chi connectivity index (χ0) is 28.3. The van der Waals surface area contributed by atoms with E-state index in [4.69, 9.17) is 0 Å². The Hall–Kier alpha value is -4.64. The third kappa shape index (κ3) is 5.04. The standard InChI is InChI=1S/C36H35N3O2/c1-3-38(4-2)29-21-19-25(20-22-29)28-23-31-34(33(40)24-28)35(26-13-7-5-8-14-26)39(32-18-12-11-17-30(32)37-31)36(41)27-15-9-6-10-16-27/h5-22,28,35,37H,3-4,23-24H2,1-2H3/t28-,35-/m1/s1. The van der Waals surface area contributed by atoms with Gasteiger partial charge in [-0.05, 0) is 73.7 Å². The van der Waals surface area contributed by atoms with Gasteiger partial charge in [-0.2, -0.15) is 0 Å². The van der Waals surface area contributed by atoms with Crippen molar-refractivity contribution in [1.29, 1.82) is 0 Å². The number of hydrogen-bond acceptors (Lipinski definition) is 4. The topological polar surface area (TPSA) is 52.7 Å². The number of benzene rings is 4. The minimum atomic E-state index is -0.548. The first-order valence-electron chi connectivity index (χ1n) is 14.5. The number of para-hydroxylation sites is 2. The van der Waals surface area contributed by atoms with Crippen molar-refractivity contribution < 1.29 is 9.59 Å². The summed E-state index contributed by atoms with van der Waals surface area (Å²) >= 11 is 0. The molecule has 41 heavy (non-hydrogen) atoms. The van der Waals surface area contributed by atoms with Crippen molar-refractivity contribution in [3.63, 3.8) is 0 Å². The minimum Gasteiger partial charge on any atom is -0.372 e. The van der Waals surface area contributed by atoms with Gasteiger partial charge < -0.3 is 10.2 Å². The fourth-order valence-electron chi connectivity index (χ4n) is 6.27. The number of allylic oxidation sites excluding steroid dienone is 1. The van der Waals surface area contributed by atoms with E-state index in [1.165, 1.54) is 5.69 Å². The molecule has 2 aliphatic rings. The zero-order valence-electron chi connectivity index (χ0n) is 23.6. The lowest BCUT2D eigenvalue weighted by atomic mass is 9.78. The predicted octanol–water partition coefficient (Wildman–Crippen LogP) is 7.75. The molecule has 0 aromatic heterocycles. The first-order chi connectivity index (χ1) is 20.1. The number of anilines is 3. The van der Waals surface area contributed by atoms with E-state index in [-0.39, 0.29) is 17.6 Å². The van der Waals surface area contributed by atoms with Gasteiger partial charge in [-0.15, -0.1) is 0 Å². The Balaban J connectivity index is 1.47. The van der Waals surface area contributed by atoms with Crippen LogP contribution in [0.1, 0.15) is 60.1 Å². The summed E-state index contributed by atoms with van der Waals surface area (Å²) in [7, 11) is 0. The first-order valence-corrected chi connectivity index (χ1v) is 14.5. The van der Waals surface area contributed by atoms with Crippen molar-refractivity contribution >= 4 is 28.8 Å². The van der Waals surface area contributed by atoms with Gasteiger partial charge >= 0.3 is 0 Å². The van der Waals surface area contributed by atoms with Crippen molar-refractivity contribution in [2.45, 2.75) is 38.6 Å². The minimum absolute atomic E-state index is 0.0551. The third-order valence-corrected chi connectivity index (χ3v) is 8.34. The molecule has 0 saturated carbocycles. The monoisotopic (exact) mass is 541 g/mol. The summed E-state index contributed by atoms with van der Waals surface area (Å²) in [5.41, 5.74) is 7.01. The summed E-state index contributed by atoms with van der Waals surface area (Å²) in [6.07, 6.45) is 1.09. The van der Waals surface area contributed by atoms with Gasteiger partial charge in [-0.25, -0.2) is 0 Å². The average Bonchev–Trinajstić information content (AvgIpc) is 3.17. The molecule has 0 bridgehead atoms. The fraction of sp³-hybridized carbons (Fsp3) is 0.222. The van der Waals surface area contributed by atoms with Gasteiger partial charge in [0.05, 0.1) is 17.4 Å². The van der Waals surface area contributed by atoms with Crippen LogP contribution in [0.15, 0.2) is 120 Å². The van der Waals surface area contributed by atoms with E-state index in [0.717, 1.165) is 41.3 Å². The Morgan fingerprint density at radius 3 is 2.10 bits per heavy atom. The quantitative estimate of drug-likeness (QED) is 0.271. The van der Waals surface area contributed by atoms with Gasteiger partial charge in [-0.3, -0.25) is 14.5 Å². The molecule has 0 saturated heterocycles. The number of nitrogens with zero attached hydrogens (tertiary/aromatic N) is 2. The summed E-state index contributed by atoms with van der Waals surface area (Å²) in [6, 6.07) is 35.2. The molecule has 2 atom stereocenters. The van der Waals surface area contributed by atoms with Gasteiger partial charge in [0.25, 0.3) is 5.91 Å². The lowest BCUT2D eigenvalue weighted by molar-refractivity contribution is -0.116. The molecule has 1 amide bonds. The van der Waals surface area contributed by atoms with Gasteiger partial charge in [0.1, 0.15) is 0 Å². The number of hydrogen-bond donors (Lipinski definition) is 1. The van der Waals surface area contributed by atoms with Crippen LogP contribution in [-0.2, 0) is 4.79 Å². The molecule has 0 fully saturated rings. The molecule has 1 aliphatic carbocycles. The van der Waals surface area contributed by atoms with Gasteiger partial charge in [0.15, 0.2) is 5.78 Å². The van der Waals surface area contributed by atoms with Crippen molar-refractivity contribution in [2.75, 3.05) is 28.2 Å². The number of ketones is 1. The number of nitrogens with one attached hydrogen (secondary N) is 1. The van der Waals surface area contributed by atoms with E-state index >= 15 is 0 Å². The van der Waals surface area contributed by atoms with Crippen molar-refractivity contribution in [3.8, 4) is 0 Å². The highest BCUT2D eigenvalue weighted by atomic mass is 16.2. The second-order valence-electron chi connectivity index (χ2n) is 10.7. The number of Topliss-reactive ketones (excluding diaryl/α,β-unsaturated/α-hetero) is 1. The molecule has 0 spiro atoms. The Bertz CT molecular complexity index is 1570. The molecule has 6 rings (SSSR count). The van der Waals surface area contributed by atoms with E-state index in [1.807, 2.05) is 89.8 Å². The highest BCUT2D eigenvalue weighted by Crippen LogP contribution is 2.47. The molecule has 5 nitrogen and oxygen atoms in total. The fourth-order valence-corrected chi connectivity index (χ4v) is 6.27. The van der Waals surface area contributed by atoms with Crippen LogP contribution in [0.3, 0.4) is 0 Å². The molecule has 4 aromatic carbocycles. The van der Waals surface area contributed by atoms with E-state index in [2.05, 4.69) is 48.3 Å². The van der Waals surface area contributed by atoms with E-state index < -0.39 is 6.04 Å². The van der Waals surface area contributed by atoms with Crippen LogP contribution in [0.25, 0.3) is 0 Å². The number of rotatable bonds is 6. The summed E-state index contributed by atoms with van der Waals surface area (Å²) in [5, 5.41) is 3.63. The normalized spacial score (nSPS) is 18.2. The van der Waals surface area contributed by atoms with Crippen LogP contribution >= 0.6 is 0 Å². The second kappa shape index (κ2) is 11.5. The van der Waals surface area contributed by atoms with Crippen LogP contribution in [0.2, 0.25) is 0 Å². The van der Waals surface area contributed by atoms with Crippen LogP contribution in [0, 0.1) is 0 Å². The number of amides is 1. The Morgan fingerprint density at radius 1 is 0.780 bits per heavy atom. The summed E-state index contributed by atoms with van der Waals surface area (Å²) in [6.45, 7) is 6.23. The number of fused-ring (bicyclic) bond motifs is 1. The van der Waals surface area contributed by atoms with Crippen LogP contribution < -0.4 is 15.1 Å². The maximum Gasteiger partial charge on any atom is 0.259 e. The summed E-state index contributed by atoms with van der Waals surface area (Å²) < 4.78 is 0. The summed E-state index contributed by atoms with van der Waals surface area (Å²) in [5.74, 6) is -0.00655. The Morgan fingerprint density at radius 2 is 1.41 bits per heavy atom. The van der Waals surface area contributed by atoms with Gasteiger partial charge in [0, 0.05) is 42.0 Å². The van der Waals surface area contributed by atoms with Crippen LogP contribution in [-0.4, -0.2) is 24.8 Å². The molecule has 0 unspecified atom stereocenters. The largest absolute Gasteiger partial charge is 0.372 e. The second-order valence-corrected chi connectivity index (χ2v) is 10.7. The molecule has 1 N–H and O–H groups in total. The van der Waals surface area contributed by atoms with Crippen LogP contribution in [0.5, 0.6) is 0 Å². The smallest absolute Gasteiger partial charge is 0.259 e. The number of carbonyl (C=O) groups is 2. The van der Waals surface area contributed by atoms with E-state index in [9.17, 15) is 9.59 Å². The molecular formula is C36H35N3O2. The molecule has 0 radical (unpaired) electrons. The van der Waals surface area contributed by atoms with Crippen molar-refractivity contribution in [3.05, 3.63) is 137 Å². The van der Waals surface area contributed by atoms with Gasteiger partial charge in [0.2, 0.25) is 0 Å². The maximum absolute atomic E-state index is 14.3. The highest BCUT2D eigenvalue weighted by molar-refractivity contribution is 6.12. The molecule has 1 aliphatic heterocycles. The SMILES string of the molecule is CCN(CC)c1ccc([C@H]2CC(=O)C3=C(C2)Nc2ccccc2N(C(=O)c2ccccc2)[C@@H]3c2ccccc2)cc1. The highest BCUT2D eigenvalue weighted by Gasteiger charge is 2.41. The van der Waals surface area contributed by atoms with E-state index in [1.54, 1.807) is 0 Å². The van der Waals surface area contributed by atoms with Crippen LogP contribution in [0.4, 0.5) is 17.1 Å². The lowest BCUT2D eigenvalue weighted by Crippen LogP contribution is -2.38. The number of carbonyl (C=O) groups excluding carboxylic acids is 2. The lowest BCUT2D eigenvalue weighted by Gasteiger charge is -2.35. The van der Waals surface area contributed by atoms with Crippen molar-refractivity contribution in [2.24, 2.45) is 0 Å². The van der Waals surface area contributed by atoms with Gasteiger partial charge in [-0.1, -0.05) is 72.8 Å². The molecule has 5 heteroatoms. The van der Waals surface area contributed by atoms with Crippen molar-refractivity contribution in [1.82, 2.24) is 0 Å².